The van der Waals surface area contributed by atoms with Crippen molar-refractivity contribution in [2.24, 2.45) is 0 Å². The van der Waals surface area contributed by atoms with E-state index in [4.69, 9.17) is 16.7 Å². The molecule has 9 nitrogen and oxygen atoms in total. The molecule has 0 saturated heterocycles. The topological polar surface area (TPSA) is 150 Å². The number of rotatable bonds is 7. The molecule has 1 atom stereocenters. The Morgan fingerprint density at radius 2 is 2.00 bits per heavy atom. The number of nitrogens with one attached hydrogen (secondary N) is 2. The van der Waals surface area contributed by atoms with Gasteiger partial charge in [-0.3, -0.25) is 4.79 Å². The first kappa shape index (κ1) is 19.9. The second-order valence-electron chi connectivity index (χ2n) is 5.77. The van der Waals surface area contributed by atoms with Crippen molar-refractivity contribution in [1.29, 1.82) is 0 Å². The van der Waals surface area contributed by atoms with Crippen LogP contribution in [0.15, 0.2) is 39.8 Å². The van der Waals surface area contributed by atoms with Crippen molar-refractivity contribution in [3.05, 3.63) is 52.8 Å². The Morgan fingerprint density at radius 1 is 1.29 bits per heavy atom. The average molecular weight is 431 g/mol. The number of hydrogen-bond acceptors (Lipinski definition) is 5. The molecule has 4 N–H and O–H groups in total. The minimum atomic E-state index is -4.50. The number of carboxylic acid groups (broad SMARTS) is 2. The first-order valence-corrected chi connectivity index (χ1v) is 9.48. The highest BCUT2D eigenvalue weighted by Gasteiger charge is 2.31. The zero-order valence-corrected chi connectivity index (χ0v) is 15.3. The number of aliphatic carboxylic acids is 1. The van der Waals surface area contributed by atoms with Crippen LogP contribution in [0.25, 0.3) is 10.9 Å². The Balaban J connectivity index is 1.90. The molecule has 0 radical (unpaired) electrons. The highest BCUT2D eigenvalue weighted by Crippen LogP contribution is 2.26. The van der Waals surface area contributed by atoms with Gasteiger partial charge in [0.15, 0.2) is 0 Å². The molecule has 3 aromatic rings. The monoisotopic (exact) mass is 430 g/mol. The molecule has 1 unspecified atom stereocenters. The smallest absolute Gasteiger partial charge is 0.371 e. The Bertz CT molecular complexity index is 1190. The van der Waals surface area contributed by atoms with Crippen LogP contribution < -0.4 is 4.72 Å². The van der Waals surface area contributed by atoms with E-state index >= 15 is 0 Å². The number of aromatic nitrogens is 1. The van der Waals surface area contributed by atoms with Crippen molar-refractivity contribution in [3.63, 3.8) is 0 Å². The Hall–Kier alpha value is -2.89. The van der Waals surface area contributed by atoms with Gasteiger partial charge in [-0.2, -0.15) is 4.72 Å². The van der Waals surface area contributed by atoms with E-state index in [1.165, 1.54) is 24.4 Å². The number of carbonyl (C=O) groups is 2. The molecule has 148 valence electrons. The number of halogens is 2. The van der Waals surface area contributed by atoms with E-state index in [0.717, 1.165) is 0 Å². The third-order valence-electron chi connectivity index (χ3n) is 3.90. The fourth-order valence-electron chi connectivity index (χ4n) is 2.62. The minimum absolute atomic E-state index is 0.262. The third kappa shape index (κ3) is 3.86. The average Bonchev–Trinajstić information content (AvgIpc) is 3.18. The highest BCUT2D eigenvalue weighted by atomic mass is 35.5. The van der Waals surface area contributed by atoms with Gasteiger partial charge in [0.25, 0.3) is 0 Å². The number of furan rings is 1. The molecular formula is C16H12ClFN2O7S. The maximum atomic E-state index is 13.3. The molecule has 12 heteroatoms. The van der Waals surface area contributed by atoms with E-state index in [9.17, 15) is 27.5 Å². The van der Waals surface area contributed by atoms with Crippen LogP contribution in [0.3, 0.4) is 0 Å². The summed E-state index contributed by atoms with van der Waals surface area (Å²) in [6.07, 6.45) is 1.18. The van der Waals surface area contributed by atoms with Crippen LogP contribution in [0.5, 0.6) is 0 Å². The van der Waals surface area contributed by atoms with E-state index in [0.29, 0.717) is 22.5 Å². The van der Waals surface area contributed by atoms with Crippen molar-refractivity contribution >= 4 is 44.5 Å². The molecule has 3 rings (SSSR count). The zero-order chi connectivity index (χ0) is 20.6. The first-order valence-electron chi connectivity index (χ1n) is 7.62. The number of carboxylic acids is 2. The summed E-state index contributed by atoms with van der Waals surface area (Å²) in [4.78, 5) is 24.6. The van der Waals surface area contributed by atoms with Gasteiger partial charge in [-0.25, -0.2) is 17.6 Å². The van der Waals surface area contributed by atoms with E-state index < -0.39 is 49.7 Å². The summed E-state index contributed by atoms with van der Waals surface area (Å²) in [6.45, 7) is 0. The summed E-state index contributed by atoms with van der Waals surface area (Å²) >= 11 is 5.64. The van der Waals surface area contributed by atoms with Crippen LogP contribution in [0.1, 0.15) is 16.1 Å². The van der Waals surface area contributed by atoms with Gasteiger partial charge in [0, 0.05) is 29.6 Å². The molecule has 1 aromatic carbocycles. The largest absolute Gasteiger partial charge is 0.480 e. The van der Waals surface area contributed by atoms with Gasteiger partial charge < -0.3 is 19.6 Å². The molecule has 0 bridgehead atoms. The number of aromatic amines is 1. The maximum absolute atomic E-state index is 13.3. The van der Waals surface area contributed by atoms with Crippen molar-refractivity contribution in [1.82, 2.24) is 9.71 Å². The Labute approximate surface area is 161 Å². The molecule has 0 amide bonds. The van der Waals surface area contributed by atoms with E-state index in [1.54, 1.807) is 0 Å². The quantitative estimate of drug-likeness (QED) is 0.448. The van der Waals surface area contributed by atoms with Crippen molar-refractivity contribution < 1.29 is 37.0 Å². The fraction of sp³-hybridized carbons (Fsp3) is 0.125. The lowest BCUT2D eigenvalue weighted by molar-refractivity contribution is -0.138. The van der Waals surface area contributed by atoms with Crippen LogP contribution in [-0.4, -0.2) is 41.6 Å². The Kier molecular flexibility index (Phi) is 5.15. The second kappa shape index (κ2) is 7.26. The molecule has 28 heavy (non-hydrogen) atoms. The van der Waals surface area contributed by atoms with Crippen LogP contribution in [0.2, 0.25) is 5.22 Å². The summed E-state index contributed by atoms with van der Waals surface area (Å²) in [5.74, 6) is -4.21. The van der Waals surface area contributed by atoms with E-state index in [-0.39, 0.29) is 6.42 Å². The van der Waals surface area contributed by atoms with Crippen molar-refractivity contribution in [3.8, 4) is 0 Å². The summed E-state index contributed by atoms with van der Waals surface area (Å²) < 4.78 is 44.8. The van der Waals surface area contributed by atoms with E-state index in [2.05, 4.69) is 9.40 Å². The zero-order valence-electron chi connectivity index (χ0n) is 13.8. The number of benzene rings is 1. The van der Waals surface area contributed by atoms with Gasteiger partial charge in [-0.05, 0) is 35.4 Å². The maximum Gasteiger partial charge on any atom is 0.371 e. The number of hydrogen-bond donors (Lipinski definition) is 4. The molecule has 0 aliphatic heterocycles. The van der Waals surface area contributed by atoms with Gasteiger partial charge in [0.05, 0.1) is 0 Å². The minimum Gasteiger partial charge on any atom is -0.480 e. The summed E-state index contributed by atoms with van der Waals surface area (Å²) in [5.41, 5.74) is 0.862. The summed E-state index contributed by atoms with van der Waals surface area (Å²) in [5, 5.41) is 18.1. The van der Waals surface area contributed by atoms with E-state index in [1.807, 2.05) is 4.72 Å². The lowest BCUT2D eigenvalue weighted by Gasteiger charge is -2.14. The molecule has 2 heterocycles. The molecule has 0 aliphatic rings. The lowest BCUT2D eigenvalue weighted by Crippen LogP contribution is -2.42. The molecule has 0 aliphatic carbocycles. The molecular weight excluding hydrogens is 419 g/mol. The van der Waals surface area contributed by atoms with Crippen LogP contribution >= 0.6 is 11.6 Å². The third-order valence-corrected chi connectivity index (χ3v) is 5.77. The normalized spacial score (nSPS) is 12.9. The van der Waals surface area contributed by atoms with Gasteiger partial charge in [0.2, 0.25) is 21.0 Å². The van der Waals surface area contributed by atoms with Crippen molar-refractivity contribution in [2.75, 3.05) is 0 Å². The Morgan fingerprint density at radius 3 is 2.61 bits per heavy atom. The van der Waals surface area contributed by atoms with Crippen LogP contribution in [0, 0.1) is 5.82 Å². The SMILES string of the molecule is O=C(O)c1cc(S(=O)(=O)NC(Cc2c[nH]c3cc(F)ccc23)C(=O)O)c(Cl)o1. The molecule has 0 spiro atoms. The van der Waals surface area contributed by atoms with Crippen molar-refractivity contribution in [2.45, 2.75) is 17.4 Å². The predicted molar refractivity (Wildman–Crippen MR) is 94.4 cm³/mol. The number of H-pyrrole nitrogens is 1. The highest BCUT2D eigenvalue weighted by molar-refractivity contribution is 7.89. The molecule has 0 fully saturated rings. The molecule has 2 aromatic heterocycles. The second-order valence-corrected chi connectivity index (χ2v) is 7.80. The standard InChI is InChI=1S/C16H12ClFN2O7S/c17-14-13(5-12(27-14)16(23)24)28(25,26)20-11(15(21)22)3-7-6-19-10-4-8(18)1-2-9(7)10/h1-2,4-6,11,19-20H,3H2,(H,21,22)(H,23,24). The predicted octanol–water partition coefficient (Wildman–Crippen LogP) is 2.23. The fourth-order valence-corrected chi connectivity index (χ4v) is 4.26. The number of sulfonamides is 1. The molecule has 0 saturated carbocycles. The van der Waals surface area contributed by atoms with Gasteiger partial charge in [-0.1, -0.05) is 0 Å². The number of aromatic carboxylic acids is 1. The lowest BCUT2D eigenvalue weighted by atomic mass is 10.1. The summed E-state index contributed by atoms with van der Waals surface area (Å²) in [6, 6.07) is 2.93. The van der Waals surface area contributed by atoms with Crippen LogP contribution in [0.4, 0.5) is 4.39 Å². The van der Waals surface area contributed by atoms with Crippen LogP contribution in [-0.2, 0) is 21.2 Å². The van der Waals surface area contributed by atoms with Gasteiger partial charge in [-0.15, -0.1) is 0 Å². The number of fused-ring (bicyclic) bond motifs is 1. The van der Waals surface area contributed by atoms with Gasteiger partial charge >= 0.3 is 11.9 Å². The van der Waals surface area contributed by atoms with Gasteiger partial charge in [0.1, 0.15) is 16.8 Å². The first-order chi connectivity index (χ1) is 13.1. The summed E-state index contributed by atoms with van der Waals surface area (Å²) in [7, 11) is -4.50.